The number of aromatic nitrogens is 4. The van der Waals surface area contributed by atoms with Crippen LogP contribution in [0.5, 0.6) is 11.6 Å². The van der Waals surface area contributed by atoms with Gasteiger partial charge in [0.2, 0.25) is 5.88 Å². The van der Waals surface area contributed by atoms with Gasteiger partial charge in [0.15, 0.2) is 11.6 Å². The average Bonchev–Trinajstić information content (AvgIpc) is 2.67. The van der Waals surface area contributed by atoms with E-state index in [-0.39, 0.29) is 5.88 Å². The van der Waals surface area contributed by atoms with Crippen LogP contribution in [0.15, 0.2) is 61.2 Å². The van der Waals surface area contributed by atoms with Crippen molar-refractivity contribution in [2.75, 3.05) is 11.1 Å². The average molecular weight is 344 g/mol. The fourth-order valence-corrected chi connectivity index (χ4v) is 2.55. The minimum Gasteiger partial charge on any atom is -0.435 e. The Bertz CT molecular complexity index is 1080. The molecule has 0 spiro atoms. The molecule has 0 aliphatic carbocycles. The zero-order chi connectivity index (χ0) is 17.9. The highest BCUT2D eigenvalue weighted by atomic mass is 16.5. The van der Waals surface area contributed by atoms with Gasteiger partial charge in [0, 0.05) is 17.8 Å². The molecule has 3 aromatic heterocycles. The van der Waals surface area contributed by atoms with Crippen LogP contribution in [-0.4, -0.2) is 19.9 Å². The molecule has 7 nitrogen and oxygen atoms in total. The maximum absolute atomic E-state index is 6.21. The first kappa shape index (κ1) is 15.8. The van der Waals surface area contributed by atoms with Gasteiger partial charge in [-0.25, -0.2) is 9.97 Å². The largest absolute Gasteiger partial charge is 0.435 e. The first-order valence-electron chi connectivity index (χ1n) is 8.03. The molecular weight excluding hydrogens is 328 g/mol. The lowest BCUT2D eigenvalue weighted by Crippen LogP contribution is -2.05. The van der Waals surface area contributed by atoms with E-state index in [1.807, 2.05) is 49.4 Å². The molecule has 0 saturated heterocycles. The summed E-state index contributed by atoms with van der Waals surface area (Å²) in [6.45, 7) is 1.95. The highest BCUT2D eigenvalue weighted by molar-refractivity contribution is 5.84. The maximum Gasteiger partial charge on any atom is 0.248 e. The summed E-state index contributed by atoms with van der Waals surface area (Å²) < 4.78 is 5.93. The summed E-state index contributed by atoms with van der Waals surface area (Å²) in [5.41, 5.74) is 8.23. The second-order valence-corrected chi connectivity index (χ2v) is 5.67. The van der Waals surface area contributed by atoms with Gasteiger partial charge in [-0.1, -0.05) is 24.3 Å². The number of aryl methyl sites for hydroxylation is 1. The van der Waals surface area contributed by atoms with E-state index in [0.717, 1.165) is 16.5 Å². The van der Waals surface area contributed by atoms with Gasteiger partial charge in [0.05, 0.1) is 0 Å². The van der Waals surface area contributed by atoms with Crippen molar-refractivity contribution in [2.24, 2.45) is 0 Å². The van der Waals surface area contributed by atoms with Gasteiger partial charge in [-0.3, -0.25) is 4.98 Å². The molecular formula is C19H16N6O. The van der Waals surface area contributed by atoms with Gasteiger partial charge in [0.25, 0.3) is 0 Å². The summed E-state index contributed by atoms with van der Waals surface area (Å²) in [5.74, 6) is 1.95. The van der Waals surface area contributed by atoms with E-state index >= 15 is 0 Å². The highest BCUT2D eigenvalue weighted by Gasteiger charge is 2.13. The zero-order valence-corrected chi connectivity index (χ0v) is 14.0. The van der Waals surface area contributed by atoms with Crippen molar-refractivity contribution in [2.45, 2.75) is 6.92 Å². The van der Waals surface area contributed by atoms with Crippen molar-refractivity contribution in [1.29, 1.82) is 0 Å². The van der Waals surface area contributed by atoms with Crippen LogP contribution in [0, 0.1) is 6.92 Å². The van der Waals surface area contributed by atoms with Crippen molar-refractivity contribution < 1.29 is 4.74 Å². The molecule has 7 heteroatoms. The van der Waals surface area contributed by atoms with Crippen LogP contribution in [0.3, 0.4) is 0 Å². The third-order valence-corrected chi connectivity index (χ3v) is 3.90. The lowest BCUT2D eigenvalue weighted by Gasteiger charge is -2.13. The number of nitrogens with one attached hydrogen (secondary N) is 1. The van der Waals surface area contributed by atoms with E-state index in [1.54, 1.807) is 12.4 Å². The van der Waals surface area contributed by atoms with Crippen LogP contribution in [0.25, 0.3) is 10.9 Å². The van der Waals surface area contributed by atoms with Crippen LogP contribution < -0.4 is 15.8 Å². The van der Waals surface area contributed by atoms with Crippen LogP contribution in [0.4, 0.5) is 17.3 Å². The molecule has 0 bridgehead atoms. The maximum atomic E-state index is 6.21. The van der Waals surface area contributed by atoms with Crippen molar-refractivity contribution in [1.82, 2.24) is 19.9 Å². The van der Waals surface area contributed by atoms with Crippen LogP contribution in [0.2, 0.25) is 0 Å². The summed E-state index contributed by atoms with van der Waals surface area (Å²) in [6, 6.07) is 13.4. The lowest BCUT2D eigenvalue weighted by molar-refractivity contribution is 0.469. The molecule has 128 valence electrons. The number of rotatable bonds is 4. The second kappa shape index (κ2) is 6.64. The number of ether oxygens (including phenoxy) is 1. The number of para-hydroxylation sites is 1. The first-order chi connectivity index (χ1) is 12.7. The Kier molecular flexibility index (Phi) is 4.03. The van der Waals surface area contributed by atoms with Gasteiger partial charge in [-0.15, -0.1) is 0 Å². The molecule has 0 aliphatic rings. The smallest absolute Gasteiger partial charge is 0.248 e. The molecule has 26 heavy (non-hydrogen) atoms. The molecule has 4 aromatic rings. The third-order valence-electron chi connectivity index (χ3n) is 3.90. The number of benzene rings is 1. The summed E-state index contributed by atoms with van der Waals surface area (Å²) in [6.07, 6.45) is 4.81. The van der Waals surface area contributed by atoms with Crippen molar-refractivity contribution in [3.05, 3.63) is 66.7 Å². The van der Waals surface area contributed by atoms with E-state index in [1.165, 1.54) is 6.33 Å². The quantitative estimate of drug-likeness (QED) is 0.580. The predicted octanol–water partition coefficient (Wildman–Crippen LogP) is 3.85. The molecule has 0 radical (unpaired) electrons. The zero-order valence-electron chi connectivity index (χ0n) is 14.0. The summed E-state index contributed by atoms with van der Waals surface area (Å²) in [5, 5.41) is 4.09. The van der Waals surface area contributed by atoms with E-state index < -0.39 is 0 Å². The van der Waals surface area contributed by atoms with Gasteiger partial charge in [0.1, 0.15) is 23.3 Å². The number of nitrogen functional groups attached to an aromatic ring is 1. The Hall–Kier alpha value is -3.74. The Morgan fingerprint density at radius 2 is 1.69 bits per heavy atom. The van der Waals surface area contributed by atoms with Gasteiger partial charge < -0.3 is 15.8 Å². The number of hydrogen-bond acceptors (Lipinski definition) is 7. The van der Waals surface area contributed by atoms with Gasteiger partial charge in [-0.05, 0) is 30.7 Å². The normalized spacial score (nSPS) is 10.7. The molecule has 0 saturated carbocycles. The van der Waals surface area contributed by atoms with E-state index in [9.17, 15) is 0 Å². The number of hydrogen-bond donors (Lipinski definition) is 2. The van der Waals surface area contributed by atoms with Crippen molar-refractivity contribution >= 4 is 28.2 Å². The fourth-order valence-electron chi connectivity index (χ4n) is 2.55. The molecule has 3 N–H and O–H groups in total. The Labute approximate surface area is 149 Å². The molecule has 3 heterocycles. The lowest BCUT2D eigenvalue weighted by atomic mass is 10.2. The third kappa shape index (κ3) is 2.98. The molecule has 0 aliphatic heterocycles. The van der Waals surface area contributed by atoms with E-state index in [2.05, 4.69) is 25.3 Å². The topological polar surface area (TPSA) is 98.8 Å². The van der Waals surface area contributed by atoms with Crippen molar-refractivity contribution in [3.8, 4) is 11.6 Å². The molecule has 0 atom stereocenters. The molecule has 0 fully saturated rings. The summed E-state index contributed by atoms with van der Waals surface area (Å²) in [7, 11) is 0. The van der Waals surface area contributed by atoms with Crippen LogP contribution >= 0.6 is 0 Å². The van der Waals surface area contributed by atoms with Crippen molar-refractivity contribution in [3.63, 3.8) is 0 Å². The minimum atomic E-state index is 0.259. The predicted molar refractivity (Wildman–Crippen MR) is 101 cm³/mol. The van der Waals surface area contributed by atoms with E-state index in [4.69, 9.17) is 10.5 Å². The SMILES string of the molecule is Cc1cccnc1Nc1ncnc(Oc2cccc3cccnc23)c1N. The number of fused-ring (bicyclic) bond motifs is 1. The fraction of sp³-hybridized carbons (Fsp3) is 0.0526. The number of nitrogens with zero attached hydrogens (tertiary/aromatic N) is 4. The Balaban J connectivity index is 1.69. The van der Waals surface area contributed by atoms with Crippen LogP contribution in [0.1, 0.15) is 5.56 Å². The van der Waals surface area contributed by atoms with Crippen LogP contribution in [-0.2, 0) is 0 Å². The first-order valence-corrected chi connectivity index (χ1v) is 8.03. The molecule has 0 amide bonds. The molecule has 1 aromatic carbocycles. The minimum absolute atomic E-state index is 0.259. The second-order valence-electron chi connectivity index (χ2n) is 5.67. The molecule has 0 unspecified atom stereocenters. The Morgan fingerprint density at radius 1 is 0.885 bits per heavy atom. The molecule has 4 rings (SSSR count). The monoisotopic (exact) mass is 344 g/mol. The highest BCUT2D eigenvalue weighted by Crippen LogP contribution is 2.33. The Morgan fingerprint density at radius 3 is 2.58 bits per heavy atom. The number of anilines is 3. The number of pyridine rings is 2. The van der Waals surface area contributed by atoms with E-state index in [0.29, 0.717) is 23.1 Å². The van der Waals surface area contributed by atoms with Gasteiger partial charge >= 0.3 is 0 Å². The number of nitrogens with two attached hydrogens (primary N) is 1. The summed E-state index contributed by atoms with van der Waals surface area (Å²) >= 11 is 0. The standard InChI is InChI=1S/C19H16N6O/c1-12-5-3-10-22-17(12)25-18-15(20)19(24-11-23-18)26-14-8-2-6-13-7-4-9-21-16(13)14/h2-11H,20H2,1H3,(H,22,23,24,25). The van der Waals surface area contributed by atoms with Gasteiger partial charge in [-0.2, -0.15) is 4.98 Å². The summed E-state index contributed by atoms with van der Waals surface area (Å²) in [4.78, 5) is 17.0.